The fourth-order valence-electron chi connectivity index (χ4n) is 0.903. The zero-order chi connectivity index (χ0) is 8.27. The first-order valence-corrected chi connectivity index (χ1v) is 4.25. The van der Waals surface area contributed by atoms with Gasteiger partial charge in [0.2, 0.25) is 0 Å². The van der Waals surface area contributed by atoms with Crippen LogP contribution in [0.5, 0.6) is 0 Å². The Morgan fingerprint density at radius 1 is 1.33 bits per heavy atom. The van der Waals surface area contributed by atoms with E-state index >= 15 is 0 Å². The quantitative estimate of drug-likeness (QED) is 0.842. The smallest absolute Gasteiger partial charge is 0.0430 e. The molecule has 1 atom stereocenters. The van der Waals surface area contributed by atoms with Crippen molar-refractivity contribution in [3.8, 4) is 0 Å². The van der Waals surface area contributed by atoms with E-state index in [0.717, 1.165) is 10.0 Å². The molecule has 12 heavy (non-hydrogen) atoms. The van der Waals surface area contributed by atoms with Gasteiger partial charge in [0.15, 0.2) is 0 Å². The summed E-state index contributed by atoms with van der Waals surface area (Å²) in [5, 5.41) is 0. The maximum atomic E-state index is 5.74. The maximum Gasteiger partial charge on any atom is 0.0430 e. The Kier molecular flexibility index (Phi) is 5.50. The van der Waals surface area contributed by atoms with Crippen molar-refractivity contribution in [2.45, 2.75) is 6.04 Å². The van der Waals surface area contributed by atoms with E-state index in [2.05, 4.69) is 15.9 Å². The highest BCUT2D eigenvalue weighted by Crippen LogP contribution is 2.20. The fourth-order valence-corrected chi connectivity index (χ4v) is 1.48. The Labute approximate surface area is 86.9 Å². The van der Waals surface area contributed by atoms with Gasteiger partial charge in [-0.2, -0.15) is 0 Å². The first-order valence-electron chi connectivity index (χ1n) is 3.45. The van der Waals surface area contributed by atoms with Gasteiger partial charge in [-0.05, 0) is 11.6 Å². The first-order chi connectivity index (χ1) is 5.25. The molecule has 0 saturated carbocycles. The minimum atomic E-state index is -0.0643. The van der Waals surface area contributed by atoms with Crippen molar-refractivity contribution in [2.75, 3.05) is 6.54 Å². The SMILES string of the molecule is Cl.NC[C@H](N)c1ccccc1Br. The number of benzene rings is 1. The molecule has 0 amide bonds. The Balaban J connectivity index is 0.00000121. The lowest BCUT2D eigenvalue weighted by atomic mass is 10.1. The highest BCUT2D eigenvalue weighted by Gasteiger charge is 2.05. The van der Waals surface area contributed by atoms with E-state index in [4.69, 9.17) is 11.5 Å². The molecule has 0 fully saturated rings. The predicted molar refractivity (Wildman–Crippen MR) is 57.4 cm³/mol. The summed E-state index contributed by atoms with van der Waals surface area (Å²) in [4.78, 5) is 0. The van der Waals surface area contributed by atoms with Crippen LogP contribution < -0.4 is 11.5 Å². The van der Waals surface area contributed by atoms with Crippen LogP contribution in [0.25, 0.3) is 0 Å². The van der Waals surface area contributed by atoms with Gasteiger partial charge in [0.1, 0.15) is 0 Å². The summed E-state index contributed by atoms with van der Waals surface area (Å²) < 4.78 is 1.03. The number of hydrogen-bond donors (Lipinski definition) is 2. The minimum Gasteiger partial charge on any atom is -0.329 e. The lowest BCUT2D eigenvalue weighted by molar-refractivity contribution is 0.733. The molecule has 0 spiro atoms. The van der Waals surface area contributed by atoms with E-state index < -0.39 is 0 Å². The highest BCUT2D eigenvalue weighted by molar-refractivity contribution is 9.10. The van der Waals surface area contributed by atoms with E-state index in [-0.39, 0.29) is 18.4 Å². The number of hydrogen-bond acceptors (Lipinski definition) is 2. The molecule has 68 valence electrons. The summed E-state index contributed by atoms with van der Waals surface area (Å²) in [5.41, 5.74) is 12.2. The van der Waals surface area contributed by atoms with Gasteiger partial charge in [-0.1, -0.05) is 34.1 Å². The Morgan fingerprint density at radius 2 is 1.92 bits per heavy atom. The van der Waals surface area contributed by atoms with Gasteiger partial charge < -0.3 is 11.5 Å². The summed E-state index contributed by atoms with van der Waals surface area (Å²) in [6.45, 7) is 0.475. The standard InChI is InChI=1S/C8H11BrN2.ClH/c9-7-4-2-1-3-6(7)8(11)5-10;/h1-4,8H,5,10-11H2;1H/t8-;/m0./s1. The average molecular weight is 252 g/mol. The zero-order valence-corrected chi connectivity index (χ0v) is 8.94. The summed E-state index contributed by atoms with van der Waals surface area (Å²) >= 11 is 3.40. The van der Waals surface area contributed by atoms with Crippen LogP contribution >= 0.6 is 28.3 Å². The van der Waals surface area contributed by atoms with Crippen LogP contribution in [0.1, 0.15) is 11.6 Å². The van der Waals surface area contributed by atoms with Crippen molar-refractivity contribution < 1.29 is 0 Å². The van der Waals surface area contributed by atoms with Gasteiger partial charge in [-0.3, -0.25) is 0 Å². The van der Waals surface area contributed by atoms with Crippen LogP contribution in [0, 0.1) is 0 Å². The van der Waals surface area contributed by atoms with E-state index in [1.807, 2.05) is 24.3 Å². The van der Waals surface area contributed by atoms with Crippen molar-refractivity contribution in [3.63, 3.8) is 0 Å². The number of rotatable bonds is 2. The maximum absolute atomic E-state index is 5.74. The van der Waals surface area contributed by atoms with Crippen LogP contribution in [0.3, 0.4) is 0 Å². The van der Waals surface area contributed by atoms with Crippen LogP contribution in [0.4, 0.5) is 0 Å². The molecule has 1 rings (SSSR count). The van der Waals surface area contributed by atoms with E-state index in [1.165, 1.54) is 0 Å². The van der Waals surface area contributed by atoms with Crippen molar-refractivity contribution in [2.24, 2.45) is 11.5 Å². The van der Waals surface area contributed by atoms with Crippen LogP contribution in [0.2, 0.25) is 0 Å². The monoisotopic (exact) mass is 250 g/mol. The molecular formula is C8H12BrClN2. The third kappa shape index (κ3) is 2.75. The molecule has 2 nitrogen and oxygen atoms in total. The Bertz CT molecular complexity index is 242. The number of nitrogens with two attached hydrogens (primary N) is 2. The second-order valence-corrected chi connectivity index (χ2v) is 3.22. The summed E-state index contributed by atoms with van der Waals surface area (Å²) in [6, 6.07) is 7.78. The van der Waals surface area contributed by atoms with E-state index in [0.29, 0.717) is 6.54 Å². The van der Waals surface area contributed by atoms with E-state index in [9.17, 15) is 0 Å². The van der Waals surface area contributed by atoms with Crippen LogP contribution in [-0.4, -0.2) is 6.54 Å². The van der Waals surface area contributed by atoms with Gasteiger partial charge in [0, 0.05) is 17.1 Å². The highest BCUT2D eigenvalue weighted by atomic mass is 79.9. The first kappa shape index (κ1) is 11.9. The molecule has 0 aliphatic rings. The summed E-state index contributed by atoms with van der Waals surface area (Å²) in [5.74, 6) is 0. The largest absolute Gasteiger partial charge is 0.329 e. The van der Waals surface area contributed by atoms with Gasteiger partial charge in [-0.25, -0.2) is 0 Å². The molecule has 0 radical (unpaired) electrons. The Hall–Kier alpha value is -0.0900. The van der Waals surface area contributed by atoms with Crippen molar-refractivity contribution in [3.05, 3.63) is 34.3 Å². The minimum absolute atomic E-state index is 0. The molecule has 1 aromatic carbocycles. The third-order valence-electron chi connectivity index (χ3n) is 1.56. The van der Waals surface area contributed by atoms with Crippen LogP contribution in [0.15, 0.2) is 28.7 Å². The lowest BCUT2D eigenvalue weighted by Crippen LogP contribution is -2.20. The molecule has 0 unspecified atom stereocenters. The molecule has 1 aromatic rings. The predicted octanol–water partition coefficient (Wildman–Crippen LogP) is 1.83. The second kappa shape index (κ2) is 5.54. The van der Waals surface area contributed by atoms with Crippen molar-refractivity contribution in [1.82, 2.24) is 0 Å². The zero-order valence-electron chi connectivity index (χ0n) is 6.53. The molecule has 4 N–H and O–H groups in total. The fraction of sp³-hybridized carbons (Fsp3) is 0.250. The Morgan fingerprint density at radius 3 is 2.42 bits per heavy atom. The van der Waals surface area contributed by atoms with Crippen LogP contribution in [-0.2, 0) is 0 Å². The lowest BCUT2D eigenvalue weighted by Gasteiger charge is -2.10. The molecule has 0 aliphatic heterocycles. The van der Waals surface area contributed by atoms with Gasteiger partial charge in [0.25, 0.3) is 0 Å². The molecular weight excluding hydrogens is 239 g/mol. The number of halogens is 2. The summed E-state index contributed by atoms with van der Waals surface area (Å²) in [6.07, 6.45) is 0. The van der Waals surface area contributed by atoms with Gasteiger partial charge in [0.05, 0.1) is 0 Å². The molecule has 0 heterocycles. The summed E-state index contributed by atoms with van der Waals surface area (Å²) in [7, 11) is 0. The van der Waals surface area contributed by atoms with Crippen molar-refractivity contribution in [1.29, 1.82) is 0 Å². The van der Waals surface area contributed by atoms with Crippen molar-refractivity contribution >= 4 is 28.3 Å². The average Bonchev–Trinajstić information content (AvgIpc) is 2.04. The molecule has 0 saturated heterocycles. The normalized spacial score (nSPS) is 11.9. The molecule has 4 heteroatoms. The van der Waals surface area contributed by atoms with Gasteiger partial charge >= 0.3 is 0 Å². The topological polar surface area (TPSA) is 52.0 Å². The van der Waals surface area contributed by atoms with E-state index in [1.54, 1.807) is 0 Å². The third-order valence-corrected chi connectivity index (χ3v) is 2.28. The second-order valence-electron chi connectivity index (χ2n) is 2.36. The molecule has 0 aliphatic carbocycles. The molecule has 0 aromatic heterocycles. The molecule has 0 bridgehead atoms. The van der Waals surface area contributed by atoms with Gasteiger partial charge in [-0.15, -0.1) is 12.4 Å².